The first kappa shape index (κ1) is 30.0. The van der Waals surface area contributed by atoms with Gasteiger partial charge in [0.15, 0.2) is 12.4 Å². The van der Waals surface area contributed by atoms with Crippen LogP contribution in [0.1, 0.15) is 60.3 Å². The van der Waals surface area contributed by atoms with Gasteiger partial charge in [-0.3, -0.25) is 9.59 Å². The monoisotopic (exact) mass is 484 g/mol. The lowest BCUT2D eigenvalue weighted by Gasteiger charge is -2.44. The summed E-state index contributed by atoms with van der Waals surface area (Å²) in [6.07, 6.45) is 2.10. The SMILES string of the molecule is C=C[C@@](C)(CC/C=C(\C)CC/C=C(\C)CO)O[C@@H]1O[C@H](COC(C)=O)[C@@H](O)[C@H](O)[C@H]1OC(C)=O. The first-order valence-electron chi connectivity index (χ1n) is 11.5. The highest BCUT2D eigenvalue weighted by molar-refractivity contribution is 5.66. The van der Waals surface area contributed by atoms with Crippen LogP contribution in [0.4, 0.5) is 0 Å². The van der Waals surface area contributed by atoms with E-state index in [1.54, 1.807) is 13.0 Å². The molecule has 0 aliphatic carbocycles. The molecule has 1 aliphatic rings. The van der Waals surface area contributed by atoms with E-state index in [1.807, 2.05) is 19.9 Å². The van der Waals surface area contributed by atoms with E-state index in [-0.39, 0.29) is 13.2 Å². The van der Waals surface area contributed by atoms with Crippen molar-refractivity contribution in [2.75, 3.05) is 13.2 Å². The predicted octanol–water partition coefficient (Wildman–Crippen LogP) is 2.33. The Morgan fingerprint density at radius 3 is 2.24 bits per heavy atom. The van der Waals surface area contributed by atoms with Gasteiger partial charge in [-0.25, -0.2) is 0 Å². The highest BCUT2D eigenvalue weighted by Crippen LogP contribution is 2.31. The van der Waals surface area contributed by atoms with E-state index >= 15 is 0 Å². The molecule has 0 aromatic carbocycles. The Bertz CT molecular complexity index is 743. The second-order valence-corrected chi connectivity index (χ2v) is 8.87. The lowest BCUT2D eigenvalue weighted by Crippen LogP contribution is -2.61. The zero-order valence-corrected chi connectivity index (χ0v) is 20.9. The first-order valence-corrected chi connectivity index (χ1v) is 11.5. The Labute approximate surface area is 202 Å². The number of aliphatic hydroxyl groups excluding tert-OH is 3. The molecule has 194 valence electrons. The highest BCUT2D eigenvalue weighted by atomic mass is 16.7. The van der Waals surface area contributed by atoms with Gasteiger partial charge in [-0.1, -0.05) is 29.4 Å². The van der Waals surface area contributed by atoms with E-state index in [1.165, 1.54) is 19.4 Å². The third-order valence-corrected chi connectivity index (χ3v) is 5.63. The lowest BCUT2D eigenvalue weighted by molar-refractivity contribution is -0.322. The Morgan fingerprint density at radius 2 is 1.68 bits per heavy atom. The average molecular weight is 485 g/mol. The van der Waals surface area contributed by atoms with Crippen molar-refractivity contribution < 1.29 is 43.9 Å². The van der Waals surface area contributed by atoms with Crippen molar-refractivity contribution in [2.45, 2.75) is 96.6 Å². The van der Waals surface area contributed by atoms with Gasteiger partial charge in [0.1, 0.15) is 24.9 Å². The molecule has 0 amide bonds. The lowest BCUT2D eigenvalue weighted by atomic mass is 9.96. The van der Waals surface area contributed by atoms with Gasteiger partial charge >= 0.3 is 11.9 Å². The summed E-state index contributed by atoms with van der Waals surface area (Å²) in [6, 6.07) is 0. The highest BCUT2D eigenvalue weighted by Gasteiger charge is 2.49. The summed E-state index contributed by atoms with van der Waals surface area (Å²) < 4.78 is 22.0. The predicted molar refractivity (Wildman–Crippen MR) is 126 cm³/mol. The molecule has 3 N–H and O–H groups in total. The molecule has 1 saturated heterocycles. The topological polar surface area (TPSA) is 132 Å². The standard InChI is InChI=1S/C25H40O9/c1-7-25(6,13-9-12-16(2)10-8-11-17(3)14-26)34-24-23(32-19(5)28)22(30)21(29)20(33-24)15-31-18(4)27/h7,11-12,20-24,26,29-30H,1,8-10,13-15H2,2-6H3/b16-12+,17-11+/t20-,21-,22+,23-,24+,25+/m1/s1. The van der Waals surface area contributed by atoms with E-state index in [0.29, 0.717) is 12.8 Å². The van der Waals surface area contributed by atoms with Crippen molar-refractivity contribution in [1.29, 1.82) is 0 Å². The molecule has 1 aliphatic heterocycles. The zero-order valence-electron chi connectivity index (χ0n) is 20.9. The van der Waals surface area contributed by atoms with Crippen LogP contribution in [0.2, 0.25) is 0 Å². The Balaban J connectivity index is 2.88. The summed E-state index contributed by atoms with van der Waals surface area (Å²) in [5.74, 6) is -1.23. The third-order valence-electron chi connectivity index (χ3n) is 5.63. The number of hydrogen-bond acceptors (Lipinski definition) is 9. The number of esters is 2. The van der Waals surface area contributed by atoms with Crippen molar-refractivity contribution in [3.8, 4) is 0 Å². The van der Waals surface area contributed by atoms with Crippen LogP contribution in [0.5, 0.6) is 0 Å². The summed E-state index contributed by atoms with van der Waals surface area (Å²) in [5.41, 5.74) is 1.23. The van der Waals surface area contributed by atoms with Crippen molar-refractivity contribution in [3.05, 3.63) is 36.0 Å². The van der Waals surface area contributed by atoms with Gasteiger partial charge in [0.2, 0.25) is 0 Å². The largest absolute Gasteiger partial charge is 0.463 e. The summed E-state index contributed by atoms with van der Waals surface area (Å²) in [6.45, 7) is 11.7. The van der Waals surface area contributed by atoms with Gasteiger partial charge in [0.25, 0.3) is 0 Å². The van der Waals surface area contributed by atoms with E-state index in [9.17, 15) is 19.8 Å². The number of rotatable bonds is 13. The maximum atomic E-state index is 11.6. The van der Waals surface area contributed by atoms with E-state index in [2.05, 4.69) is 12.7 Å². The van der Waals surface area contributed by atoms with Crippen LogP contribution in [0.3, 0.4) is 0 Å². The molecule has 9 nitrogen and oxygen atoms in total. The van der Waals surface area contributed by atoms with E-state index in [4.69, 9.17) is 24.1 Å². The van der Waals surface area contributed by atoms with Crippen molar-refractivity contribution >= 4 is 11.9 Å². The molecule has 0 bridgehead atoms. The molecule has 1 fully saturated rings. The van der Waals surface area contributed by atoms with Gasteiger partial charge < -0.3 is 34.3 Å². The van der Waals surface area contributed by atoms with Gasteiger partial charge in [-0.2, -0.15) is 0 Å². The van der Waals surface area contributed by atoms with Crippen molar-refractivity contribution in [3.63, 3.8) is 0 Å². The van der Waals surface area contributed by atoms with Crippen LogP contribution in [-0.4, -0.2) is 76.8 Å². The second kappa shape index (κ2) is 14.4. The fourth-order valence-electron chi connectivity index (χ4n) is 3.45. The number of aliphatic hydroxyl groups is 3. The minimum absolute atomic E-state index is 0.0584. The quantitative estimate of drug-likeness (QED) is 0.266. The molecule has 0 saturated carbocycles. The van der Waals surface area contributed by atoms with Crippen LogP contribution in [0, 0.1) is 0 Å². The number of ether oxygens (including phenoxy) is 4. The third kappa shape index (κ3) is 10.1. The van der Waals surface area contributed by atoms with Gasteiger partial charge in [-0.05, 0) is 46.5 Å². The maximum Gasteiger partial charge on any atom is 0.303 e. The zero-order chi connectivity index (χ0) is 25.9. The van der Waals surface area contributed by atoms with Crippen LogP contribution in [0.15, 0.2) is 36.0 Å². The molecule has 9 heteroatoms. The maximum absolute atomic E-state index is 11.6. The molecule has 1 heterocycles. The molecular weight excluding hydrogens is 444 g/mol. The molecular formula is C25H40O9. The number of carbonyl (C=O) groups is 2. The molecule has 0 aromatic heterocycles. The molecule has 0 radical (unpaired) electrons. The van der Waals surface area contributed by atoms with E-state index < -0.39 is 48.2 Å². The minimum atomic E-state index is -1.50. The first-order chi connectivity index (χ1) is 15.9. The van der Waals surface area contributed by atoms with Crippen LogP contribution in [0.25, 0.3) is 0 Å². The molecule has 34 heavy (non-hydrogen) atoms. The molecule has 1 rings (SSSR count). The van der Waals surface area contributed by atoms with E-state index in [0.717, 1.165) is 18.4 Å². The summed E-state index contributed by atoms with van der Waals surface area (Å²) in [4.78, 5) is 22.8. The van der Waals surface area contributed by atoms with Gasteiger partial charge in [-0.15, -0.1) is 6.58 Å². The van der Waals surface area contributed by atoms with Gasteiger partial charge in [0.05, 0.1) is 12.2 Å². The summed E-state index contributed by atoms with van der Waals surface area (Å²) in [7, 11) is 0. The van der Waals surface area contributed by atoms with Crippen molar-refractivity contribution in [1.82, 2.24) is 0 Å². The van der Waals surface area contributed by atoms with Gasteiger partial charge in [0, 0.05) is 13.8 Å². The number of allylic oxidation sites excluding steroid dienone is 3. The Hall–Kier alpha value is -2.04. The molecule has 6 atom stereocenters. The molecule has 0 unspecified atom stereocenters. The Kier molecular flexibility index (Phi) is 12.7. The summed E-state index contributed by atoms with van der Waals surface area (Å²) in [5, 5.41) is 30.0. The average Bonchev–Trinajstić information content (AvgIpc) is 2.77. The smallest absolute Gasteiger partial charge is 0.303 e. The normalized spacial score (nSPS) is 27.6. The minimum Gasteiger partial charge on any atom is -0.463 e. The Morgan fingerprint density at radius 1 is 1.03 bits per heavy atom. The van der Waals surface area contributed by atoms with Crippen molar-refractivity contribution in [2.24, 2.45) is 0 Å². The number of hydrogen-bond donors (Lipinski definition) is 3. The molecule has 0 aromatic rings. The summed E-state index contributed by atoms with van der Waals surface area (Å²) >= 11 is 0. The molecule has 0 spiro atoms. The fraction of sp³-hybridized carbons (Fsp3) is 0.680. The number of carbonyl (C=O) groups excluding carboxylic acids is 2. The second-order valence-electron chi connectivity index (χ2n) is 8.87. The fourth-order valence-corrected chi connectivity index (χ4v) is 3.45. The van der Waals surface area contributed by atoms with Crippen LogP contribution >= 0.6 is 0 Å². The van der Waals surface area contributed by atoms with Crippen LogP contribution in [-0.2, 0) is 28.5 Å². The van der Waals surface area contributed by atoms with Crippen LogP contribution < -0.4 is 0 Å².